The Balaban J connectivity index is 0.000000134. The van der Waals surface area contributed by atoms with Crippen LogP contribution >= 0.6 is 11.6 Å². The zero-order chi connectivity index (χ0) is 105. The summed E-state index contributed by atoms with van der Waals surface area (Å²) in [5, 5.41) is 14.0. The second kappa shape index (κ2) is 51.8. The molecule has 15 nitrogen and oxygen atoms in total. The van der Waals surface area contributed by atoms with Crippen LogP contribution in [-0.4, -0.2) is 91.5 Å². The van der Waals surface area contributed by atoms with Crippen LogP contribution in [0, 0.1) is 82.6 Å². The molecule has 1 N–H and O–H groups in total. The van der Waals surface area contributed by atoms with E-state index in [-0.39, 0.29) is 53.0 Å². The largest absolute Gasteiger partial charge is 0.493 e. The molecule has 0 spiro atoms. The summed E-state index contributed by atoms with van der Waals surface area (Å²) >= 11 is 6.24. The molecule has 0 aliphatic heterocycles. The number of Topliss-reactive ketones (excluding diaryl/α,β-unsaturated/α-hetero) is 7. The highest BCUT2D eigenvalue weighted by molar-refractivity contribution is 6.31. The molecule has 0 amide bonds. The Kier molecular flexibility index (Phi) is 38.0. The summed E-state index contributed by atoms with van der Waals surface area (Å²) in [5.41, 5.74) is 21.2. The maximum Gasteiger partial charge on any atom is 0.188 e. The monoisotopic (exact) mass is 2020 g/mol. The van der Waals surface area contributed by atoms with Gasteiger partial charge in [-0.25, -0.2) is 13.5 Å². The lowest BCUT2D eigenvalue weighted by Crippen LogP contribution is -2.08. The van der Waals surface area contributed by atoms with Gasteiger partial charge in [0.25, 0.3) is 0 Å². The molecule has 12 unspecified atom stereocenters. The maximum atomic E-state index is 14.6. The Hall–Kier alpha value is -13.9. The van der Waals surface area contributed by atoms with Crippen molar-refractivity contribution < 1.29 is 66.4 Å². The van der Waals surface area contributed by atoms with Crippen molar-refractivity contribution in [3.8, 4) is 101 Å². The second-order valence-electron chi connectivity index (χ2n) is 42.0. The van der Waals surface area contributed by atoms with E-state index in [0.717, 1.165) is 142 Å². The van der Waals surface area contributed by atoms with Gasteiger partial charge in [-0.15, -0.1) is 0 Å². The van der Waals surface area contributed by atoms with E-state index < -0.39 is 18.2 Å². The fraction of sp³-hybridized carbons (Fsp3) is 0.344. The molecule has 2 aromatic heterocycles. The van der Waals surface area contributed by atoms with E-state index in [1.807, 2.05) is 105 Å². The second-order valence-corrected chi connectivity index (χ2v) is 42.5. The lowest BCUT2D eigenvalue weighted by atomic mass is 9.99. The third kappa shape index (κ3) is 32.3. The zero-order valence-electron chi connectivity index (χ0n) is 87.8. The number of hydrogen-bond acceptors (Lipinski definition) is 13. The molecule has 6 saturated carbocycles. The first-order valence-electron chi connectivity index (χ1n) is 53.0. The average molecular weight is 2020 g/mol. The minimum absolute atomic E-state index is 0.0285. The van der Waals surface area contributed by atoms with Gasteiger partial charge in [-0.05, 0) is 408 Å². The van der Waals surface area contributed by atoms with Crippen LogP contribution in [0.25, 0.3) is 78.1 Å². The Bertz CT molecular complexity index is 6710. The third-order valence-electron chi connectivity index (χ3n) is 29.3. The summed E-state index contributed by atoms with van der Waals surface area (Å²) in [6, 6.07) is 96.9. The van der Waals surface area contributed by atoms with Crippen molar-refractivity contribution in [2.24, 2.45) is 71.0 Å². The van der Waals surface area contributed by atoms with Gasteiger partial charge in [0, 0.05) is 82.5 Å². The molecule has 2 heterocycles. The zero-order valence-corrected chi connectivity index (χ0v) is 88.6. The minimum atomic E-state index is -0.713. The van der Waals surface area contributed by atoms with Gasteiger partial charge in [0.15, 0.2) is 17.3 Å². The van der Waals surface area contributed by atoms with Gasteiger partial charge in [0.2, 0.25) is 0 Å². The van der Waals surface area contributed by atoms with Gasteiger partial charge in [0.05, 0.1) is 36.2 Å². The lowest BCUT2D eigenvalue weighted by Gasteiger charge is -2.14. The van der Waals surface area contributed by atoms with Crippen LogP contribution in [0.1, 0.15) is 192 Å². The number of aromatic nitrogens is 3. The third-order valence-corrected chi connectivity index (χ3v) is 29.5. The van der Waals surface area contributed by atoms with E-state index in [2.05, 4.69) is 204 Å². The molecule has 14 aromatic rings. The number of carbonyl (C=O) groups excluding carboxylic acids is 7. The summed E-state index contributed by atoms with van der Waals surface area (Å²) in [5.74, 6) is 7.73. The Labute approximate surface area is 882 Å². The summed E-state index contributed by atoms with van der Waals surface area (Å²) in [6.45, 7) is 21.8. The van der Waals surface area contributed by atoms with Crippen LogP contribution in [0.15, 0.2) is 316 Å². The number of ketones is 7. The predicted octanol–water partition coefficient (Wildman–Crippen LogP) is 30.0. The minimum Gasteiger partial charge on any atom is -0.493 e. The molecule has 0 bridgehead atoms. The van der Waals surface area contributed by atoms with Crippen molar-refractivity contribution in [3.63, 3.8) is 0 Å². The topological polar surface area (TPSA) is 199 Å². The van der Waals surface area contributed by atoms with Crippen LogP contribution in [0.5, 0.6) is 23.0 Å². The molecular weight excluding hydrogens is 1880 g/mol. The highest BCUT2D eigenvalue weighted by Gasteiger charge is 2.44. The average Bonchev–Trinajstić information content (AvgIpc) is 1.61. The number of aliphatic hydroxyl groups is 1. The van der Waals surface area contributed by atoms with Gasteiger partial charge >= 0.3 is 0 Å². The van der Waals surface area contributed by atoms with Crippen molar-refractivity contribution >= 4 is 52.1 Å². The molecule has 772 valence electrons. The van der Waals surface area contributed by atoms with Crippen molar-refractivity contribution in [2.45, 2.75) is 204 Å². The van der Waals surface area contributed by atoms with Crippen molar-refractivity contribution in [3.05, 3.63) is 366 Å². The number of aryl methyl sites for hydroxylation is 5. The molecule has 0 radical (unpaired) electrons. The number of ether oxygens (including phenoxy) is 4. The van der Waals surface area contributed by atoms with Crippen LogP contribution in [0.3, 0.4) is 0 Å². The molecule has 18 heteroatoms. The normalized spacial score (nSPS) is 19.0. The number of nitrogens with zero attached hydrogens (tertiary/aromatic N) is 3. The molecule has 6 aliphatic rings. The highest BCUT2D eigenvalue weighted by Crippen LogP contribution is 2.48. The van der Waals surface area contributed by atoms with Crippen LogP contribution in [-0.2, 0) is 60.9 Å². The Morgan fingerprint density at radius 2 is 0.698 bits per heavy atom. The van der Waals surface area contributed by atoms with E-state index in [1.54, 1.807) is 91.9 Å². The van der Waals surface area contributed by atoms with E-state index in [0.29, 0.717) is 117 Å². The number of rotatable bonds is 40. The number of hydrogen-bond donors (Lipinski definition) is 1. The summed E-state index contributed by atoms with van der Waals surface area (Å²) in [4.78, 5) is 79.5. The molecule has 12 atom stereocenters. The molecular formula is C131H140ClF2N3O12. The standard InChI is InChI=1S/C23H23NO.C22H25ClO2.C22H22N2O.C22H26O2.C21H22F2O3.C21H22O3/c1-17(25)23-16-21(23)12-9-18-7-10-19(11-8-18)20-5-4-6-22(15-20)24-13-2-3-14-24;1-14(2)25-21-11-19(10-20(23)13-21)17-7-4-16(5-8-17)6-9-18-12-22(18)15(3)24;1-16(25)22-15-20(22)11-8-17-6-9-18(10-7-17)19-4-2-5-21(14-19)24-13-3-12-23-24;1-15(2)24-21-6-4-5-19(13-21)18-10-7-17(8-11-18)9-12-20-14-22(20)16(3)23;1-12(2)26-19-9-8-18(22)20(21(19)23)14-4-6-16(7-5-14)25-11-15-10-17(15)13(3)24;1-14(23)20-12-18(20)10-7-15-5-8-16(9-6-15)17-3-2-4-19(11-17)21(24)13-22/h2-8,10-11,13-15,21,23H,9,12,16H2,1H3;4-5,7-8,10-11,13-14,18,22H,6,9,12H2,1-3H3;2-7,9-10,12-14,20,22H,8,11,15H2,1H3;4-8,10-11,13,15,20,22H,9,12,14H2,1-3H3;4-9,12,15,17H,10-11H2,1-3H3;2-6,8-9,11,18,20,22H,7,10,12-13H2,1H3. The number of halogens is 3. The number of carbonyl (C=O) groups is 7. The number of benzene rings is 12. The van der Waals surface area contributed by atoms with Gasteiger partial charge in [-0.3, -0.25) is 33.6 Å². The van der Waals surface area contributed by atoms with Gasteiger partial charge < -0.3 is 28.6 Å². The molecule has 149 heavy (non-hydrogen) atoms. The molecule has 0 saturated heterocycles. The van der Waals surface area contributed by atoms with Crippen LogP contribution in [0.4, 0.5) is 8.78 Å². The fourth-order valence-corrected chi connectivity index (χ4v) is 20.3. The first-order valence-corrected chi connectivity index (χ1v) is 53.4. The Morgan fingerprint density at radius 3 is 1.09 bits per heavy atom. The molecule has 20 rings (SSSR count). The first kappa shape index (κ1) is 109. The van der Waals surface area contributed by atoms with Crippen LogP contribution in [0.2, 0.25) is 5.02 Å². The lowest BCUT2D eigenvalue weighted by molar-refractivity contribution is -0.119. The first-order chi connectivity index (χ1) is 71.8. The van der Waals surface area contributed by atoms with Crippen LogP contribution < -0.4 is 18.9 Å². The number of aliphatic hydroxyl groups excluding tert-OH is 1. The maximum absolute atomic E-state index is 14.6. The summed E-state index contributed by atoms with van der Waals surface area (Å²) in [7, 11) is 0. The Morgan fingerprint density at radius 1 is 0.342 bits per heavy atom. The van der Waals surface area contributed by atoms with Gasteiger partial charge in [-0.2, -0.15) is 5.10 Å². The van der Waals surface area contributed by atoms with E-state index in [9.17, 15) is 42.3 Å². The molecule has 6 aliphatic carbocycles. The van der Waals surface area contributed by atoms with Gasteiger partial charge in [-0.1, -0.05) is 200 Å². The highest BCUT2D eigenvalue weighted by atomic mass is 35.5. The summed E-state index contributed by atoms with van der Waals surface area (Å²) in [6.07, 6.45) is 25.0. The quantitative estimate of drug-likeness (QED) is 0.0356. The fourth-order valence-electron chi connectivity index (χ4n) is 20.1. The van der Waals surface area contributed by atoms with Crippen molar-refractivity contribution in [1.82, 2.24) is 14.3 Å². The molecule has 12 aromatic carbocycles. The van der Waals surface area contributed by atoms with Crippen molar-refractivity contribution in [1.29, 1.82) is 0 Å². The van der Waals surface area contributed by atoms with E-state index >= 15 is 0 Å². The predicted molar refractivity (Wildman–Crippen MR) is 592 cm³/mol. The van der Waals surface area contributed by atoms with E-state index in [1.165, 1.54) is 79.0 Å². The van der Waals surface area contributed by atoms with E-state index in [4.69, 9.17) is 35.7 Å². The smallest absolute Gasteiger partial charge is 0.188 e. The van der Waals surface area contributed by atoms with Crippen molar-refractivity contribution in [2.75, 3.05) is 13.2 Å². The van der Waals surface area contributed by atoms with Gasteiger partial charge in [0.1, 0.15) is 64.4 Å². The summed E-state index contributed by atoms with van der Waals surface area (Å²) < 4.78 is 55.4. The molecule has 6 fully saturated rings. The SMILES string of the molecule is CC(=O)C1CC1CCc1ccc(-c2cc(Cl)cc(OC(C)C)c2)cc1.CC(=O)C1CC1CCc1ccc(-c2cccc(-n3cccc3)c2)cc1.CC(=O)C1CC1CCc1ccc(-c2cccc(-n3cccn3)c2)cc1.CC(=O)C1CC1CCc1ccc(-c2cccc(C(=O)CO)c2)cc1.CC(=O)C1CC1CCc1ccc(-c2cccc(OC(C)C)c2)cc1.CC(=O)C1CC1COc1ccc(-c2c(F)ccc(OC(C)C)c2F)cc1.